The van der Waals surface area contributed by atoms with E-state index in [1.807, 2.05) is 24.3 Å². The first-order valence-corrected chi connectivity index (χ1v) is 6.66. The molecule has 0 aromatic heterocycles. The Bertz CT molecular complexity index is 455. The SMILES string of the molecule is O=C(O)CC1CN(C(=O)Nc2ccc(I)cc2)C1. The van der Waals surface area contributed by atoms with Crippen LogP contribution < -0.4 is 5.32 Å². The van der Waals surface area contributed by atoms with Crippen molar-refractivity contribution in [3.05, 3.63) is 27.8 Å². The molecular weight excluding hydrogens is 347 g/mol. The Morgan fingerprint density at radius 1 is 1.33 bits per heavy atom. The van der Waals surface area contributed by atoms with Crippen LogP contribution in [0.25, 0.3) is 0 Å². The van der Waals surface area contributed by atoms with Crippen LogP contribution in [0, 0.1) is 9.49 Å². The molecule has 1 aromatic rings. The van der Waals surface area contributed by atoms with Gasteiger partial charge in [0.1, 0.15) is 0 Å². The van der Waals surface area contributed by atoms with Gasteiger partial charge in [-0.15, -0.1) is 0 Å². The summed E-state index contributed by atoms with van der Waals surface area (Å²) in [5, 5.41) is 11.4. The molecular formula is C12H13IN2O3. The molecule has 1 saturated heterocycles. The molecule has 1 aliphatic rings. The van der Waals surface area contributed by atoms with Crippen LogP contribution in [0.1, 0.15) is 6.42 Å². The normalized spacial score (nSPS) is 15.1. The zero-order chi connectivity index (χ0) is 13.1. The van der Waals surface area contributed by atoms with Crippen molar-refractivity contribution in [2.24, 2.45) is 5.92 Å². The van der Waals surface area contributed by atoms with Crippen molar-refractivity contribution in [1.29, 1.82) is 0 Å². The van der Waals surface area contributed by atoms with Crippen molar-refractivity contribution in [2.75, 3.05) is 18.4 Å². The lowest BCUT2D eigenvalue weighted by Crippen LogP contribution is -2.52. The number of rotatable bonds is 3. The molecule has 18 heavy (non-hydrogen) atoms. The van der Waals surface area contributed by atoms with E-state index in [-0.39, 0.29) is 18.4 Å². The van der Waals surface area contributed by atoms with Gasteiger partial charge in [0.05, 0.1) is 6.42 Å². The van der Waals surface area contributed by atoms with Gasteiger partial charge in [0.2, 0.25) is 0 Å². The van der Waals surface area contributed by atoms with Gasteiger partial charge in [0, 0.05) is 28.3 Å². The minimum absolute atomic E-state index is 0.0879. The zero-order valence-corrected chi connectivity index (χ0v) is 11.8. The van der Waals surface area contributed by atoms with E-state index >= 15 is 0 Å². The van der Waals surface area contributed by atoms with Crippen molar-refractivity contribution in [3.63, 3.8) is 0 Å². The minimum atomic E-state index is -0.808. The van der Waals surface area contributed by atoms with Gasteiger partial charge in [0.25, 0.3) is 0 Å². The molecule has 1 aliphatic heterocycles. The minimum Gasteiger partial charge on any atom is -0.481 e. The van der Waals surface area contributed by atoms with Gasteiger partial charge in [-0.05, 0) is 46.9 Å². The number of anilines is 1. The third kappa shape index (κ3) is 3.34. The number of nitrogens with zero attached hydrogens (tertiary/aromatic N) is 1. The summed E-state index contributed by atoms with van der Waals surface area (Å²) in [5.74, 6) is -0.720. The highest BCUT2D eigenvalue weighted by Crippen LogP contribution is 2.20. The second-order valence-electron chi connectivity index (χ2n) is 4.31. The Labute approximate surface area is 118 Å². The number of amides is 2. The van der Waals surface area contributed by atoms with E-state index in [0.29, 0.717) is 13.1 Å². The molecule has 2 N–H and O–H groups in total. The van der Waals surface area contributed by atoms with E-state index in [4.69, 9.17) is 5.11 Å². The highest BCUT2D eigenvalue weighted by Gasteiger charge is 2.31. The highest BCUT2D eigenvalue weighted by atomic mass is 127. The average molecular weight is 360 g/mol. The van der Waals surface area contributed by atoms with Crippen LogP contribution in [0.4, 0.5) is 10.5 Å². The summed E-state index contributed by atoms with van der Waals surface area (Å²) in [4.78, 5) is 23.9. The number of carboxylic acids is 1. The van der Waals surface area contributed by atoms with Crippen LogP contribution in [-0.4, -0.2) is 35.1 Å². The summed E-state index contributed by atoms with van der Waals surface area (Å²) in [6.07, 6.45) is 0.132. The van der Waals surface area contributed by atoms with Gasteiger partial charge in [0.15, 0.2) is 0 Å². The number of carbonyl (C=O) groups is 2. The molecule has 0 bridgehead atoms. The average Bonchev–Trinajstić information content (AvgIpc) is 2.25. The topological polar surface area (TPSA) is 69.6 Å². The van der Waals surface area contributed by atoms with Gasteiger partial charge in [-0.3, -0.25) is 4.79 Å². The molecule has 1 heterocycles. The maximum absolute atomic E-state index is 11.8. The number of likely N-dealkylation sites (tertiary alicyclic amines) is 1. The number of halogens is 1. The van der Waals surface area contributed by atoms with Crippen molar-refractivity contribution in [3.8, 4) is 0 Å². The molecule has 1 fully saturated rings. The lowest BCUT2D eigenvalue weighted by atomic mass is 9.97. The molecule has 0 aliphatic carbocycles. The smallest absolute Gasteiger partial charge is 0.321 e. The van der Waals surface area contributed by atoms with Crippen LogP contribution in [0.2, 0.25) is 0 Å². The molecule has 6 heteroatoms. The van der Waals surface area contributed by atoms with Crippen LogP contribution >= 0.6 is 22.6 Å². The van der Waals surface area contributed by atoms with Gasteiger partial charge in [-0.1, -0.05) is 0 Å². The Morgan fingerprint density at radius 2 is 1.94 bits per heavy atom. The molecule has 0 saturated carbocycles. The molecule has 96 valence electrons. The molecule has 1 aromatic carbocycles. The Morgan fingerprint density at radius 3 is 2.50 bits per heavy atom. The van der Waals surface area contributed by atoms with E-state index < -0.39 is 5.97 Å². The van der Waals surface area contributed by atoms with E-state index in [1.165, 1.54) is 0 Å². The fraction of sp³-hybridized carbons (Fsp3) is 0.333. The highest BCUT2D eigenvalue weighted by molar-refractivity contribution is 14.1. The van der Waals surface area contributed by atoms with E-state index in [1.54, 1.807) is 4.90 Å². The van der Waals surface area contributed by atoms with E-state index in [9.17, 15) is 9.59 Å². The van der Waals surface area contributed by atoms with Gasteiger partial charge in [-0.25, -0.2) is 4.79 Å². The Kier molecular flexibility index (Phi) is 4.05. The number of benzene rings is 1. The number of hydrogen-bond donors (Lipinski definition) is 2. The first kappa shape index (κ1) is 13.1. The molecule has 0 spiro atoms. The van der Waals surface area contributed by atoms with Crippen LogP contribution in [0.3, 0.4) is 0 Å². The third-order valence-corrected chi connectivity index (χ3v) is 3.52. The summed E-state index contributed by atoms with van der Waals surface area (Å²) in [6.45, 7) is 1.03. The second kappa shape index (κ2) is 5.55. The van der Waals surface area contributed by atoms with Crippen LogP contribution in [0.5, 0.6) is 0 Å². The summed E-state index contributed by atoms with van der Waals surface area (Å²) in [7, 11) is 0. The Balaban J connectivity index is 1.80. The lowest BCUT2D eigenvalue weighted by Gasteiger charge is -2.38. The molecule has 0 unspecified atom stereocenters. The number of hydrogen-bond acceptors (Lipinski definition) is 2. The third-order valence-electron chi connectivity index (χ3n) is 2.80. The molecule has 5 nitrogen and oxygen atoms in total. The van der Waals surface area contributed by atoms with Crippen molar-refractivity contribution in [1.82, 2.24) is 4.90 Å². The monoisotopic (exact) mass is 360 g/mol. The van der Waals surface area contributed by atoms with Crippen LogP contribution in [0.15, 0.2) is 24.3 Å². The summed E-state index contributed by atoms with van der Waals surface area (Å²) >= 11 is 2.20. The Hall–Kier alpha value is -1.31. The van der Waals surface area contributed by atoms with E-state index in [2.05, 4.69) is 27.9 Å². The number of nitrogens with one attached hydrogen (secondary N) is 1. The fourth-order valence-electron chi connectivity index (χ4n) is 1.85. The summed E-state index contributed by atoms with van der Waals surface area (Å²) < 4.78 is 1.11. The number of aliphatic carboxylic acids is 1. The number of carbonyl (C=O) groups excluding carboxylic acids is 1. The van der Waals surface area contributed by atoms with Gasteiger partial charge >= 0.3 is 12.0 Å². The number of carboxylic acid groups (broad SMARTS) is 1. The molecule has 0 atom stereocenters. The van der Waals surface area contributed by atoms with E-state index in [0.717, 1.165) is 9.26 Å². The van der Waals surface area contributed by atoms with Gasteiger partial charge < -0.3 is 15.3 Å². The fourth-order valence-corrected chi connectivity index (χ4v) is 2.21. The standard InChI is InChI=1S/C12H13IN2O3/c13-9-1-3-10(4-2-9)14-12(18)15-6-8(7-15)5-11(16)17/h1-4,8H,5-7H2,(H,14,18)(H,16,17). The second-order valence-corrected chi connectivity index (χ2v) is 5.55. The predicted octanol–water partition coefficient (Wildman–Crippen LogP) is 2.23. The van der Waals surface area contributed by atoms with Gasteiger partial charge in [-0.2, -0.15) is 0 Å². The zero-order valence-electron chi connectivity index (χ0n) is 9.60. The lowest BCUT2D eigenvalue weighted by molar-refractivity contribution is -0.139. The summed E-state index contributed by atoms with van der Waals surface area (Å²) in [6, 6.07) is 7.35. The quantitative estimate of drug-likeness (QED) is 0.813. The van der Waals surface area contributed by atoms with Crippen molar-refractivity contribution >= 4 is 40.3 Å². The first-order chi connectivity index (χ1) is 8.54. The predicted molar refractivity (Wildman–Crippen MR) is 75.5 cm³/mol. The number of urea groups is 1. The van der Waals surface area contributed by atoms with Crippen molar-refractivity contribution in [2.45, 2.75) is 6.42 Å². The molecule has 2 rings (SSSR count). The maximum atomic E-state index is 11.8. The van der Waals surface area contributed by atoms with Crippen molar-refractivity contribution < 1.29 is 14.7 Å². The van der Waals surface area contributed by atoms with Crippen LogP contribution in [-0.2, 0) is 4.79 Å². The first-order valence-electron chi connectivity index (χ1n) is 5.58. The molecule has 0 radical (unpaired) electrons. The maximum Gasteiger partial charge on any atom is 0.321 e. The molecule has 2 amide bonds. The summed E-state index contributed by atoms with van der Waals surface area (Å²) in [5.41, 5.74) is 0.752. The largest absolute Gasteiger partial charge is 0.481 e.